The van der Waals surface area contributed by atoms with E-state index in [0.29, 0.717) is 0 Å². The van der Waals surface area contributed by atoms with E-state index in [-0.39, 0.29) is 0 Å². The molecule has 18 heavy (non-hydrogen) atoms. The zero-order chi connectivity index (χ0) is 11.9. The second kappa shape index (κ2) is 3.81. The maximum absolute atomic E-state index is 4.25. The lowest BCUT2D eigenvalue weighted by atomic mass is 9.82. The number of hydrogen-bond acceptors (Lipinski definition) is 1. The lowest BCUT2D eigenvalue weighted by Gasteiger charge is -2.22. The minimum Gasteiger partial charge on any atom is -0.264 e. The van der Waals surface area contributed by atoms with Crippen LogP contribution in [0.15, 0.2) is 36.7 Å². The van der Waals surface area contributed by atoms with Crippen LogP contribution in [-0.2, 0) is 19.3 Å². The Kier molecular flexibility index (Phi) is 2.13. The number of benzene rings is 1. The molecule has 1 nitrogen and oxygen atoms in total. The van der Waals surface area contributed by atoms with Crippen LogP contribution in [0.4, 0.5) is 0 Å². The van der Waals surface area contributed by atoms with Crippen molar-refractivity contribution in [3.05, 3.63) is 58.9 Å². The van der Waals surface area contributed by atoms with Gasteiger partial charge in [0, 0.05) is 12.4 Å². The highest BCUT2D eigenvalue weighted by atomic mass is 14.6. The summed E-state index contributed by atoms with van der Waals surface area (Å²) in [7, 11) is 0. The number of rotatable bonds is 0. The van der Waals surface area contributed by atoms with Crippen LogP contribution in [0.25, 0.3) is 17.2 Å². The highest BCUT2D eigenvalue weighted by Gasteiger charge is 2.18. The van der Waals surface area contributed by atoms with E-state index < -0.39 is 0 Å². The molecule has 1 heteroatoms. The van der Waals surface area contributed by atoms with Crippen molar-refractivity contribution in [2.24, 2.45) is 0 Å². The van der Waals surface area contributed by atoms with E-state index in [2.05, 4.69) is 35.3 Å². The van der Waals surface area contributed by atoms with Gasteiger partial charge < -0.3 is 0 Å². The molecule has 0 saturated carbocycles. The number of allylic oxidation sites excluding steroid dienone is 1. The number of pyridine rings is 1. The Morgan fingerprint density at radius 3 is 2.83 bits per heavy atom. The van der Waals surface area contributed by atoms with Crippen LogP contribution in [-0.4, -0.2) is 4.98 Å². The van der Waals surface area contributed by atoms with Gasteiger partial charge in [-0.3, -0.25) is 4.98 Å². The van der Waals surface area contributed by atoms with Crippen LogP contribution in [0.5, 0.6) is 0 Å². The van der Waals surface area contributed by atoms with Gasteiger partial charge in [-0.05, 0) is 65.1 Å². The van der Waals surface area contributed by atoms with Crippen LogP contribution in [0, 0.1) is 0 Å². The second-order valence-corrected chi connectivity index (χ2v) is 5.18. The molecule has 0 radical (unpaired) electrons. The molecule has 1 aromatic carbocycles. The lowest BCUT2D eigenvalue weighted by molar-refractivity contribution is 0.920. The largest absolute Gasteiger partial charge is 0.264 e. The van der Waals surface area contributed by atoms with Crippen LogP contribution in [0.1, 0.15) is 28.7 Å². The second-order valence-electron chi connectivity index (χ2n) is 5.18. The summed E-state index contributed by atoms with van der Waals surface area (Å²) in [5.41, 5.74) is 8.66. The molecule has 4 rings (SSSR count). The van der Waals surface area contributed by atoms with Gasteiger partial charge in [-0.25, -0.2) is 0 Å². The number of nitrogens with zero attached hydrogens (tertiary/aromatic N) is 1. The first kappa shape index (κ1) is 10.1. The zero-order valence-corrected chi connectivity index (χ0v) is 10.3. The average Bonchev–Trinajstić information content (AvgIpc) is 2.45. The molecule has 0 amide bonds. The lowest BCUT2D eigenvalue weighted by Crippen LogP contribution is -2.07. The maximum Gasteiger partial charge on any atom is 0.0306 e. The summed E-state index contributed by atoms with van der Waals surface area (Å²) in [5, 5.41) is 0. The fourth-order valence-electron chi connectivity index (χ4n) is 3.15. The summed E-state index contributed by atoms with van der Waals surface area (Å²) in [6.07, 6.45) is 13.1. The quantitative estimate of drug-likeness (QED) is 0.674. The molecule has 0 fully saturated rings. The summed E-state index contributed by atoms with van der Waals surface area (Å²) in [6.45, 7) is 0. The van der Waals surface area contributed by atoms with Crippen LogP contribution < -0.4 is 0 Å². The first-order valence-corrected chi connectivity index (χ1v) is 6.67. The van der Waals surface area contributed by atoms with Gasteiger partial charge >= 0.3 is 0 Å². The Morgan fingerprint density at radius 2 is 1.83 bits per heavy atom. The number of aryl methyl sites for hydroxylation is 3. The minimum atomic E-state index is 1.12. The molecule has 0 N–H and O–H groups in total. The molecular weight excluding hydrogens is 218 g/mol. The number of fused-ring (bicyclic) bond motifs is 4. The first-order valence-electron chi connectivity index (χ1n) is 6.67. The first-order chi connectivity index (χ1) is 8.92. The summed E-state index contributed by atoms with van der Waals surface area (Å²) in [6, 6.07) is 6.97. The Balaban J connectivity index is 1.96. The zero-order valence-electron chi connectivity index (χ0n) is 10.3. The molecule has 0 unspecified atom stereocenters. The van der Waals surface area contributed by atoms with Gasteiger partial charge in [-0.15, -0.1) is 0 Å². The summed E-state index contributed by atoms with van der Waals surface area (Å²) in [4.78, 5) is 4.25. The van der Waals surface area contributed by atoms with E-state index >= 15 is 0 Å². The normalized spacial score (nSPS) is 15.8. The van der Waals surface area contributed by atoms with E-state index in [1.165, 1.54) is 46.2 Å². The Morgan fingerprint density at radius 1 is 0.889 bits per heavy atom. The maximum atomic E-state index is 4.25. The molecule has 0 spiro atoms. The minimum absolute atomic E-state index is 1.12. The predicted molar refractivity (Wildman–Crippen MR) is 74.4 cm³/mol. The van der Waals surface area contributed by atoms with Gasteiger partial charge in [0.25, 0.3) is 0 Å². The van der Waals surface area contributed by atoms with Gasteiger partial charge in [0.15, 0.2) is 0 Å². The summed E-state index contributed by atoms with van der Waals surface area (Å²) >= 11 is 0. The molecule has 0 atom stereocenters. The van der Waals surface area contributed by atoms with Gasteiger partial charge in [0.1, 0.15) is 0 Å². The topological polar surface area (TPSA) is 12.9 Å². The Hall–Kier alpha value is -1.89. The molecule has 2 aromatic rings. The van der Waals surface area contributed by atoms with Crippen molar-refractivity contribution in [1.29, 1.82) is 0 Å². The standard InChI is InChI=1S/C17H15N/c1-2-4-13-10-17-14(9-12(13)3-1)5-6-15-11-18-8-7-16(15)17/h1,3,7-11H,2,4-6H2. The summed E-state index contributed by atoms with van der Waals surface area (Å²) in [5.74, 6) is 0. The van der Waals surface area contributed by atoms with Crippen LogP contribution >= 0.6 is 0 Å². The molecule has 1 aromatic heterocycles. The smallest absolute Gasteiger partial charge is 0.0306 e. The molecular formula is C17H15N. The SMILES string of the molecule is C1=Cc2cc3c(cc2CC1)-c1ccncc1CC3. The van der Waals surface area contributed by atoms with Gasteiger partial charge in [0.2, 0.25) is 0 Å². The molecule has 2 aliphatic rings. The monoisotopic (exact) mass is 233 g/mol. The molecule has 2 aliphatic carbocycles. The Labute approximate surface area is 107 Å². The van der Waals surface area contributed by atoms with E-state index in [0.717, 1.165) is 12.8 Å². The van der Waals surface area contributed by atoms with E-state index in [1.807, 2.05) is 12.4 Å². The van der Waals surface area contributed by atoms with E-state index in [1.54, 1.807) is 0 Å². The third kappa shape index (κ3) is 1.43. The van der Waals surface area contributed by atoms with Crippen LogP contribution in [0.3, 0.4) is 0 Å². The molecule has 0 aliphatic heterocycles. The van der Waals surface area contributed by atoms with Crippen LogP contribution in [0.2, 0.25) is 0 Å². The number of aromatic nitrogens is 1. The predicted octanol–water partition coefficient (Wildman–Crippen LogP) is 3.81. The molecule has 0 bridgehead atoms. The van der Waals surface area contributed by atoms with E-state index in [9.17, 15) is 0 Å². The Bertz CT molecular complexity index is 653. The summed E-state index contributed by atoms with van der Waals surface area (Å²) < 4.78 is 0. The van der Waals surface area contributed by atoms with Crippen molar-refractivity contribution in [3.63, 3.8) is 0 Å². The van der Waals surface area contributed by atoms with Gasteiger partial charge in [0.05, 0.1) is 0 Å². The molecule has 1 heterocycles. The fraction of sp³-hybridized carbons (Fsp3) is 0.235. The number of hydrogen-bond donors (Lipinski definition) is 0. The third-order valence-corrected chi connectivity index (χ3v) is 4.10. The fourth-order valence-corrected chi connectivity index (χ4v) is 3.15. The van der Waals surface area contributed by atoms with Crippen molar-refractivity contribution in [2.75, 3.05) is 0 Å². The highest BCUT2D eigenvalue weighted by molar-refractivity contribution is 5.76. The third-order valence-electron chi connectivity index (χ3n) is 4.10. The molecule has 0 saturated heterocycles. The van der Waals surface area contributed by atoms with Crippen molar-refractivity contribution in [2.45, 2.75) is 25.7 Å². The highest BCUT2D eigenvalue weighted by Crippen LogP contribution is 2.36. The van der Waals surface area contributed by atoms with Crippen molar-refractivity contribution in [3.8, 4) is 11.1 Å². The van der Waals surface area contributed by atoms with Crippen molar-refractivity contribution in [1.82, 2.24) is 4.98 Å². The average molecular weight is 233 g/mol. The molecule has 88 valence electrons. The van der Waals surface area contributed by atoms with Crippen molar-refractivity contribution < 1.29 is 0 Å². The van der Waals surface area contributed by atoms with E-state index in [4.69, 9.17) is 0 Å². The van der Waals surface area contributed by atoms with Gasteiger partial charge in [-0.2, -0.15) is 0 Å². The van der Waals surface area contributed by atoms with Crippen molar-refractivity contribution >= 4 is 6.08 Å². The van der Waals surface area contributed by atoms with Gasteiger partial charge in [-0.1, -0.05) is 24.3 Å².